The summed E-state index contributed by atoms with van der Waals surface area (Å²) in [6.45, 7) is 2.23. The molecule has 0 spiro atoms. The Labute approximate surface area is 96.2 Å². The Bertz CT molecular complexity index is 417. The van der Waals surface area contributed by atoms with E-state index in [2.05, 4.69) is 18.1 Å². The van der Waals surface area contributed by atoms with Crippen molar-refractivity contribution in [3.05, 3.63) is 29.6 Å². The maximum atomic E-state index is 12.0. The van der Waals surface area contributed by atoms with E-state index >= 15 is 0 Å². The van der Waals surface area contributed by atoms with E-state index in [1.54, 1.807) is 4.68 Å². The number of aromatic nitrogens is 2. The third kappa shape index (κ3) is 2.60. The monoisotopic (exact) mass is 218 g/mol. The molecule has 1 aromatic heterocycles. The van der Waals surface area contributed by atoms with Crippen molar-refractivity contribution in [2.45, 2.75) is 32.6 Å². The van der Waals surface area contributed by atoms with Gasteiger partial charge < -0.3 is 0 Å². The molecule has 3 nitrogen and oxygen atoms in total. The molecule has 1 aliphatic rings. The summed E-state index contributed by atoms with van der Waals surface area (Å²) in [5, 5.41) is 4.23. The van der Waals surface area contributed by atoms with Crippen LogP contribution in [-0.2, 0) is 18.3 Å². The van der Waals surface area contributed by atoms with E-state index < -0.39 is 0 Å². The van der Waals surface area contributed by atoms with Crippen LogP contribution in [0.2, 0.25) is 0 Å². The van der Waals surface area contributed by atoms with Crippen molar-refractivity contribution >= 4 is 5.78 Å². The van der Waals surface area contributed by atoms with Gasteiger partial charge in [-0.2, -0.15) is 5.10 Å². The van der Waals surface area contributed by atoms with Gasteiger partial charge in [-0.3, -0.25) is 9.48 Å². The van der Waals surface area contributed by atoms with Gasteiger partial charge in [-0.15, -0.1) is 0 Å². The zero-order valence-electron chi connectivity index (χ0n) is 9.94. The molecule has 0 aromatic carbocycles. The molecule has 0 amide bonds. The maximum absolute atomic E-state index is 12.0. The van der Waals surface area contributed by atoms with Gasteiger partial charge in [0.05, 0.1) is 12.1 Å². The number of aryl methyl sites for hydroxylation is 1. The molecule has 1 aromatic rings. The van der Waals surface area contributed by atoms with Crippen molar-refractivity contribution in [3.63, 3.8) is 0 Å². The molecule has 0 bridgehead atoms. The highest BCUT2D eigenvalue weighted by Crippen LogP contribution is 2.23. The minimum atomic E-state index is 0.241. The second-order valence-corrected chi connectivity index (χ2v) is 4.69. The van der Waals surface area contributed by atoms with Crippen LogP contribution in [0.1, 0.15) is 31.9 Å². The first-order valence-electron chi connectivity index (χ1n) is 5.86. The van der Waals surface area contributed by atoms with E-state index in [-0.39, 0.29) is 5.78 Å². The normalized spacial score (nSPS) is 20.6. The lowest BCUT2D eigenvalue weighted by atomic mass is 9.88. The molecule has 16 heavy (non-hydrogen) atoms. The van der Waals surface area contributed by atoms with Crippen LogP contribution in [0.5, 0.6) is 0 Å². The fourth-order valence-electron chi connectivity index (χ4n) is 2.05. The van der Waals surface area contributed by atoms with Crippen molar-refractivity contribution in [1.29, 1.82) is 0 Å². The van der Waals surface area contributed by atoms with Gasteiger partial charge in [0.2, 0.25) is 0 Å². The average Bonchev–Trinajstić information content (AvgIpc) is 2.65. The first-order chi connectivity index (χ1) is 7.65. The number of carbonyl (C=O) groups is 1. The summed E-state index contributed by atoms with van der Waals surface area (Å²) in [5.74, 6) is 0.969. The molecule has 0 radical (unpaired) electrons. The quantitative estimate of drug-likeness (QED) is 0.780. The average molecular weight is 218 g/mol. The van der Waals surface area contributed by atoms with E-state index in [1.807, 2.05) is 19.3 Å². The third-order valence-electron chi connectivity index (χ3n) is 3.14. The first kappa shape index (κ1) is 11.1. The molecule has 1 unspecified atom stereocenters. The topological polar surface area (TPSA) is 34.9 Å². The molecule has 0 fully saturated rings. The molecule has 0 saturated carbocycles. The molecule has 1 heterocycles. The highest BCUT2D eigenvalue weighted by Gasteiger charge is 2.16. The Morgan fingerprint density at radius 2 is 2.44 bits per heavy atom. The SMILES string of the molecule is CC1CC=C(C(=O)Cc2ccn(C)n2)CC1. The van der Waals surface area contributed by atoms with Crippen LogP contribution >= 0.6 is 0 Å². The Balaban J connectivity index is 1.98. The number of carbonyl (C=O) groups excluding carboxylic acids is 1. The standard InChI is InChI=1S/C13H18N2O/c1-10-3-5-11(6-4-10)13(16)9-12-7-8-15(2)14-12/h5,7-8,10H,3-4,6,9H2,1-2H3. The number of nitrogens with zero attached hydrogens (tertiary/aromatic N) is 2. The van der Waals surface area contributed by atoms with Gasteiger partial charge in [0.15, 0.2) is 5.78 Å². The Morgan fingerprint density at radius 1 is 1.62 bits per heavy atom. The van der Waals surface area contributed by atoms with E-state index in [0.717, 1.165) is 36.4 Å². The predicted octanol–water partition coefficient (Wildman–Crippen LogP) is 2.28. The Kier molecular flexibility index (Phi) is 3.22. The molecule has 0 saturated heterocycles. The van der Waals surface area contributed by atoms with Gasteiger partial charge in [-0.1, -0.05) is 13.0 Å². The lowest BCUT2D eigenvalue weighted by molar-refractivity contribution is -0.115. The molecule has 1 atom stereocenters. The predicted molar refractivity (Wildman–Crippen MR) is 63.0 cm³/mol. The van der Waals surface area contributed by atoms with E-state index in [1.165, 1.54) is 0 Å². The molecular weight excluding hydrogens is 200 g/mol. The maximum Gasteiger partial charge on any atom is 0.164 e. The molecule has 86 valence electrons. The highest BCUT2D eigenvalue weighted by atomic mass is 16.1. The van der Waals surface area contributed by atoms with Crippen LogP contribution in [0.4, 0.5) is 0 Å². The van der Waals surface area contributed by atoms with Crippen molar-refractivity contribution in [2.24, 2.45) is 13.0 Å². The smallest absolute Gasteiger partial charge is 0.164 e. The molecule has 0 aliphatic heterocycles. The summed E-state index contributed by atoms with van der Waals surface area (Å²) in [6.07, 6.45) is 7.55. The van der Waals surface area contributed by atoms with Gasteiger partial charge in [0.1, 0.15) is 0 Å². The Hall–Kier alpha value is -1.38. The molecule has 1 aliphatic carbocycles. The van der Waals surface area contributed by atoms with Crippen molar-refractivity contribution in [2.75, 3.05) is 0 Å². The summed E-state index contributed by atoms with van der Waals surface area (Å²) >= 11 is 0. The van der Waals surface area contributed by atoms with Gasteiger partial charge in [-0.25, -0.2) is 0 Å². The molecular formula is C13H18N2O. The number of allylic oxidation sites excluding steroid dienone is 2. The minimum absolute atomic E-state index is 0.241. The summed E-state index contributed by atoms with van der Waals surface area (Å²) in [5.41, 5.74) is 1.87. The van der Waals surface area contributed by atoms with Gasteiger partial charge in [0.25, 0.3) is 0 Å². The van der Waals surface area contributed by atoms with Crippen LogP contribution in [0.15, 0.2) is 23.9 Å². The number of hydrogen-bond donors (Lipinski definition) is 0. The lowest BCUT2D eigenvalue weighted by Gasteiger charge is -2.16. The largest absolute Gasteiger partial charge is 0.294 e. The minimum Gasteiger partial charge on any atom is -0.294 e. The highest BCUT2D eigenvalue weighted by molar-refractivity contribution is 5.96. The Morgan fingerprint density at radius 3 is 3.00 bits per heavy atom. The fraction of sp³-hybridized carbons (Fsp3) is 0.538. The van der Waals surface area contributed by atoms with Crippen LogP contribution in [0.25, 0.3) is 0 Å². The summed E-state index contributed by atoms with van der Waals surface area (Å²) < 4.78 is 1.74. The van der Waals surface area contributed by atoms with Gasteiger partial charge >= 0.3 is 0 Å². The number of ketones is 1. The second kappa shape index (κ2) is 4.64. The zero-order chi connectivity index (χ0) is 11.5. The lowest BCUT2D eigenvalue weighted by Crippen LogP contribution is -2.12. The van der Waals surface area contributed by atoms with E-state index in [9.17, 15) is 4.79 Å². The van der Waals surface area contributed by atoms with Gasteiger partial charge in [-0.05, 0) is 36.8 Å². The first-order valence-corrected chi connectivity index (χ1v) is 5.86. The zero-order valence-corrected chi connectivity index (χ0v) is 9.94. The van der Waals surface area contributed by atoms with Crippen LogP contribution in [0, 0.1) is 5.92 Å². The number of rotatable bonds is 3. The van der Waals surface area contributed by atoms with Crippen LogP contribution in [-0.4, -0.2) is 15.6 Å². The third-order valence-corrected chi connectivity index (χ3v) is 3.14. The summed E-state index contributed by atoms with van der Waals surface area (Å²) in [4.78, 5) is 12.0. The second-order valence-electron chi connectivity index (χ2n) is 4.69. The summed E-state index contributed by atoms with van der Waals surface area (Å²) in [7, 11) is 1.87. The van der Waals surface area contributed by atoms with E-state index in [4.69, 9.17) is 0 Å². The van der Waals surface area contributed by atoms with Crippen LogP contribution < -0.4 is 0 Å². The van der Waals surface area contributed by atoms with Crippen LogP contribution in [0.3, 0.4) is 0 Å². The number of Topliss-reactive ketones (excluding diaryl/α,β-unsaturated/α-hetero) is 1. The van der Waals surface area contributed by atoms with Crippen molar-refractivity contribution < 1.29 is 4.79 Å². The van der Waals surface area contributed by atoms with E-state index in [0.29, 0.717) is 6.42 Å². The molecule has 0 N–H and O–H groups in total. The van der Waals surface area contributed by atoms with Crippen molar-refractivity contribution in [3.8, 4) is 0 Å². The van der Waals surface area contributed by atoms with Crippen molar-refractivity contribution in [1.82, 2.24) is 9.78 Å². The van der Waals surface area contributed by atoms with Gasteiger partial charge in [0, 0.05) is 13.2 Å². The molecule has 2 rings (SSSR count). The fourth-order valence-corrected chi connectivity index (χ4v) is 2.05. The number of hydrogen-bond acceptors (Lipinski definition) is 2. The molecule has 3 heteroatoms. The summed E-state index contributed by atoms with van der Waals surface area (Å²) in [6, 6.07) is 1.91.